The van der Waals surface area contributed by atoms with Gasteiger partial charge in [0.05, 0.1) is 7.11 Å². The predicted octanol–water partition coefficient (Wildman–Crippen LogP) is 2.86. The lowest BCUT2D eigenvalue weighted by Gasteiger charge is -2.23. The molecule has 0 amide bonds. The highest BCUT2D eigenvalue weighted by molar-refractivity contribution is 6.30. The van der Waals surface area contributed by atoms with E-state index in [4.69, 9.17) is 22.1 Å². The van der Waals surface area contributed by atoms with Crippen molar-refractivity contribution in [1.82, 2.24) is 4.90 Å². The van der Waals surface area contributed by atoms with Crippen LogP contribution in [-0.2, 0) is 6.42 Å². The molecule has 0 aliphatic carbocycles. The van der Waals surface area contributed by atoms with Crippen molar-refractivity contribution in [2.45, 2.75) is 25.8 Å². The van der Waals surface area contributed by atoms with Crippen LogP contribution in [0.15, 0.2) is 12.1 Å². The molecule has 1 aromatic rings. The van der Waals surface area contributed by atoms with Crippen molar-refractivity contribution in [1.29, 1.82) is 0 Å². The van der Waals surface area contributed by atoms with E-state index in [-0.39, 0.29) is 0 Å². The number of likely N-dealkylation sites (tertiary alicyclic amines) is 1. The van der Waals surface area contributed by atoms with Gasteiger partial charge in [-0.15, -0.1) is 0 Å². The Hall–Kier alpha value is -0.770. The molecule has 2 atom stereocenters. The van der Waals surface area contributed by atoms with Crippen LogP contribution in [0.2, 0.25) is 5.02 Å². The summed E-state index contributed by atoms with van der Waals surface area (Å²) in [6.07, 6.45) is 2.00. The fraction of sp³-hybridized carbons (Fsp3) is 0.600. The van der Waals surface area contributed by atoms with Crippen LogP contribution in [0.3, 0.4) is 0 Å². The molecule has 0 aromatic heterocycles. The van der Waals surface area contributed by atoms with Crippen LogP contribution in [0.5, 0.6) is 5.75 Å². The monoisotopic (exact) mass is 282 g/mol. The maximum Gasteiger partial charge on any atom is 0.126 e. The summed E-state index contributed by atoms with van der Waals surface area (Å²) in [6, 6.07) is 4.39. The Bertz CT molecular complexity index is 450. The smallest absolute Gasteiger partial charge is 0.126 e. The van der Waals surface area contributed by atoms with E-state index in [0.717, 1.165) is 36.7 Å². The Morgan fingerprint density at radius 2 is 2.21 bits per heavy atom. The topological polar surface area (TPSA) is 38.5 Å². The Kier molecular flexibility index (Phi) is 4.71. The van der Waals surface area contributed by atoms with E-state index < -0.39 is 0 Å². The molecule has 0 bridgehead atoms. The van der Waals surface area contributed by atoms with Gasteiger partial charge in [-0.2, -0.15) is 0 Å². The van der Waals surface area contributed by atoms with E-state index in [2.05, 4.69) is 18.9 Å². The predicted molar refractivity (Wildman–Crippen MR) is 79.9 cm³/mol. The molecule has 3 nitrogen and oxygen atoms in total. The summed E-state index contributed by atoms with van der Waals surface area (Å²) in [5.41, 5.74) is 8.18. The first-order valence-electron chi connectivity index (χ1n) is 6.87. The van der Waals surface area contributed by atoms with Crippen molar-refractivity contribution >= 4 is 11.6 Å². The van der Waals surface area contributed by atoms with Crippen LogP contribution in [0.25, 0.3) is 0 Å². The maximum absolute atomic E-state index is 6.26. The summed E-state index contributed by atoms with van der Waals surface area (Å²) in [7, 11) is 3.88. The highest BCUT2D eigenvalue weighted by atomic mass is 35.5. The minimum absolute atomic E-state index is 0.354. The van der Waals surface area contributed by atoms with Crippen molar-refractivity contribution in [3.63, 3.8) is 0 Å². The van der Waals surface area contributed by atoms with Gasteiger partial charge < -0.3 is 10.5 Å². The first-order valence-corrected chi connectivity index (χ1v) is 7.25. The van der Waals surface area contributed by atoms with E-state index in [1.54, 1.807) is 7.11 Å². The number of nitrogens with zero attached hydrogens (tertiary/aromatic N) is 1. The highest BCUT2D eigenvalue weighted by Crippen LogP contribution is 2.41. The molecule has 2 rings (SSSR count). The molecule has 0 saturated carbocycles. The lowest BCUT2D eigenvalue weighted by molar-refractivity contribution is 0.302. The third-order valence-electron chi connectivity index (χ3n) is 4.07. The minimum atomic E-state index is 0.354. The van der Waals surface area contributed by atoms with Crippen LogP contribution >= 0.6 is 11.6 Å². The summed E-state index contributed by atoms with van der Waals surface area (Å²) in [4.78, 5) is 2.35. The van der Waals surface area contributed by atoms with Crippen molar-refractivity contribution in [2.75, 3.05) is 27.2 Å². The van der Waals surface area contributed by atoms with Gasteiger partial charge in [-0.3, -0.25) is 4.90 Å². The number of nitrogens with two attached hydrogens (primary N) is 1. The Morgan fingerprint density at radius 1 is 1.47 bits per heavy atom. The summed E-state index contributed by atoms with van der Waals surface area (Å²) in [5, 5.41) is 0.789. The number of aryl methyl sites for hydroxylation is 1. The average molecular weight is 283 g/mol. The van der Waals surface area contributed by atoms with Crippen LogP contribution < -0.4 is 10.5 Å². The van der Waals surface area contributed by atoms with Gasteiger partial charge in [-0.25, -0.2) is 0 Å². The fourth-order valence-corrected chi connectivity index (χ4v) is 3.32. The second-order valence-electron chi connectivity index (χ2n) is 5.33. The van der Waals surface area contributed by atoms with Crippen molar-refractivity contribution in [2.24, 2.45) is 11.7 Å². The molecular weight excluding hydrogens is 260 g/mol. The van der Waals surface area contributed by atoms with Crippen molar-refractivity contribution in [3.05, 3.63) is 28.3 Å². The van der Waals surface area contributed by atoms with Gasteiger partial charge in [0.25, 0.3) is 0 Å². The zero-order chi connectivity index (χ0) is 14.0. The van der Waals surface area contributed by atoms with Gasteiger partial charge >= 0.3 is 0 Å². The van der Waals surface area contributed by atoms with E-state index in [1.165, 1.54) is 11.1 Å². The summed E-state index contributed by atoms with van der Waals surface area (Å²) >= 11 is 6.26. The number of halogens is 1. The molecular formula is C15H23ClN2O. The summed E-state index contributed by atoms with van der Waals surface area (Å²) < 4.78 is 5.64. The molecule has 1 aliphatic heterocycles. The largest absolute Gasteiger partial charge is 0.496 e. The molecule has 1 heterocycles. The summed E-state index contributed by atoms with van der Waals surface area (Å²) in [6.45, 7) is 3.90. The van der Waals surface area contributed by atoms with Gasteiger partial charge in [0.2, 0.25) is 0 Å². The summed E-state index contributed by atoms with van der Waals surface area (Å²) in [5.74, 6) is 1.55. The first-order chi connectivity index (χ1) is 9.10. The Morgan fingerprint density at radius 3 is 2.74 bits per heavy atom. The number of hydrogen-bond donors (Lipinski definition) is 1. The van der Waals surface area contributed by atoms with E-state index in [0.29, 0.717) is 12.0 Å². The quantitative estimate of drug-likeness (QED) is 0.923. The highest BCUT2D eigenvalue weighted by Gasteiger charge is 2.32. The molecule has 2 unspecified atom stereocenters. The molecule has 19 heavy (non-hydrogen) atoms. The Balaban J connectivity index is 2.41. The van der Waals surface area contributed by atoms with E-state index in [1.807, 2.05) is 12.1 Å². The maximum atomic E-state index is 6.26. The van der Waals surface area contributed by atoms with E-state index >= 15 is 0 Å². The molecule has 1 fully saturated rings. The number of benzene rings is 1. The lowest BCUT2D eigenvalue weighted by atomic mass is 9.96. The Labute approximate surface area is 120 Å². The van der Waals surface area contributed by atoms with Gasteiger partial charge in [0.1, 0.15) is 5.75 Å². The third kappa shape index (κ3) is 2.88. The van der Waals surface area contributed by atoms with Crippen LogP contribution in [0, 0.1) is 5.92 Å². The molecule has 106 valence electrons. The van der Waals surface area contributed by atoms with Gasteiger partial charge in [-0.05, 0) is 50.0 Å². The SMILES string of the molecule is CCc1cc(Cl)cc(C2CC(CN)CN2C)c1OC. The molecule has 0 spiro atoms. The van der Waals surface area contributed by atoms with Crippen LogP contribution in [0.4, 0.5) is 0 Å². The average Bonchev–Trinajstić information content (AvgIpc) is 2.78. The lowest BCUT2D eigenvalue weighted by Crippen LogP contribution is -2.21. The fourth-order valence-electron chi connectivity index (χ4n) is 3.07. The van der Waals surface area contributed by atoms with Gasteiger partial charge in [0.15, 0.2) is 0 Å². The van der Waals surface area contributed by atoms with E-state index in [9.17, 15) is 0 Å². The number of ether oxygens (including phenoxy) is 1. The third-order valence-corrected chi connectivity index (χ3v) is 4.29. The normalized spacial score (nSPS) is 23.8. The van der Waals surface area contributed by atoms with Crippen molar-refractivity contribution in [3.8, 4) is 5.75 Å². The first kappa shape index (κ1) is 14.6. The minimum Gasteiger partial charge on any atom is -0.496 e. The van der Waals surface area contributed by atoms with Crippen LogP contribution in [0.1, 0.15) is 30.5 Å². The number of methoxy groups -OCH3 is 1. The molecule has 1 saturated heterocycles. The van der Waals surface area contributed by atoms with Crippen LogP contribution in [-0.4, -0.2) is 32.1 Å². The number of hydrogen-bond acceptors (Lipinski definition) is 3. The standard InChI is InChI=1S/C15H23ClN2O/c1-4-11-6-12(16)7-13(15(11)19-3)14-5-10(8-17)9-18(14)2/h6-7,10,14H,4-5,8-9,17H2,1-3H3. The second kappa shape index (κ2) is 6.12. The molecule has 2 N–H and O–H groups in total. The van der Waals surface area contributed by atoms with Gasteiger partial charge in [0, 0.05) is 23.2 Å². The molecule has 1 aromatic carbocycles. The zero-order valence-electron chi connectivity index (χ0n) is 11.9. The zero-order valence-corrected chi connectivity index (χ0v) is 12.7. The van der Waals surface area contributed by atoms with Gasteiger partial charge in [-0.1, -0.05) is 18.5 Å². The number of rotatable bonds is 4. The molecule has 1 aliphatic rings. The van der Waals surface area contributed by atoms with Crippen molar-refractivity contribution < 1.29 is 4.74 Å². The molecule has 0 radical (unpaired) electrons. The second-order valence-corrected chi connectivity index (χ2v) is 5.77. The molecule has 4 heteroatoms.